The topological polar surface area (TPSA) is 47.3 Å². The lowest BCUT2D eigenvalue weighted by atomic mass is 9.99. The maximum absolute atomic E-state index is 10.2. The fraction of sp³-hybridized carbons (Fsp3) is 0.533. The molecule has 0 aromatic heterocycles. The molecule has 1 fully saturated rings. The van der Waals surface area contributed by atoms with E-state index in [-0.39, 0.29) is 0 Å². The molecule has 3 nitrogen and oxygen atoms in total. The van der Waals surface area contributed by atoms with E-state index in [1.807, 2.05) is 12.1 Å². The third-order valence-electron chi connectivity index (χ3n) is 3.60. The second-order valence-electron chi connectivity index (χ2n) is 5.26. The lowest BCUT2D eigenvalue weighted by Gasteiger charge is -2.32. The van der Waals surface area contributed by atoms with E-state index in [2.05, 4.69) is 17.9 Å². The molecule has 2 rings (SSSR count). The van der Waals surface area contributed by atoms with Crippen molar-refractivity contribution in [1.82, 2.24) is 4.90 Å². The van der Waals surface area contributed by atoms with Gasteiger partial charge in [-0.25, -0.2) is 0 Å². The molecule has 1 aliphatic rings. The van der Waals surface area contributed by atoms with Crippen molar-refractivity contribution in [2.24, 2.45) is 5.92 Å². The molecule has 1 saturated heterocycles. The summed E-state index contributed by atoms with van der Waals surface area (Å²) in [7, 11) is 0. The summed E-state index contributed by atoms with van der Waals surface area (Å²) in [5.74, 6) is 0.729. The van der Waals surface area contributed by atoms with Crippen LogP contribution in [0, 0.1) is 17.2 Å². The Balaban J connectivity index is 1.94. The molecular formula is C15H20N2O. The van der Waals surface area contributed by atoms with E-state index in [0.717, 1.165) is 24.6 Å². The highest BCUT2D eigenvalue weighted by Crippen LogP contribution is 2.20. The van der Waals surface area contributed by atoms with Crippen molar-refractivity contribution in [3.63, 3.8) is 0 Å². The van der Waals surface area contributed by atoms with Crippen molar-refractivity contribution in [3.05, 3.63) is 35.4 Å². The first kappa shape index (κ1) is 13.1. The van der Waals surface area contributed by atoms with Crippen LogP contribution < -0.4 is 0 Å². The van der Waals surface area contributed by atoms with Gasteiger partial charge in [0.1, 0.15) is 0 Å². The highest BCUT2D eigenvalue weighted by Gasteiger charge is 2.19. The van der Waals surface area contributed by atoms with E-state index in [9.17, 15) is 5.11 Å². The lowest BCUT2D eigenvalue weighted by Crippen LogP contribution is -2.37. The Morgan fingerprint density at radius 1 is 1.44 bits per heavy atom. The summed E-state index contributed by atoms with van der Waals surface area (Å²) in [6.07, 6.45) is 2.06. The summed E-state index contributed by atoms with van der Waals surface area (Å²) in [5.41, 5.74) is 1.53. The van der Waals surface area contributed by atoms with Crippen molar-refractivity contribution < 1.29 is 5.11 Å². The average molecular weight is 244 g/mol. The van der Waals surface area contributed by atoms with Gasteiger partial charge >= 0.3 is 0 Å². The number of benzene rings is 1. The van der Waals surface area contributed by atoms with Gasteiger partial charge in [0, 0.05) is 13.1 Å². The number of nitriles is 1. The Bertz CT molecular complexity index is 421. The van der Waals surface area contributed by atoms with Gasteiger partial charge < -0.3 is 10.0 Å². The fourth-order valence-corrected chi connectivity index (χ4v) is 2.58. The van der Waals surface area contributed by atoms with Gasteiger partial charge in [-0.1, -0.05) is 19.1 Å². The van der Waals surface area contributed by atoms with Gasteiger partial charge in [0.05, 0.1) is 17.7 Å². The van der Waals surface area contributed by atoms with E-state index in [1.165, 1.54) is 12.8 Å². The number of piperidine rings is 1. The number of hydrogen-bond acceptors (Lipinski definition) is 3. The Hall–Kier alpha value is -1.37. The summed E-state index contributed by atoms with van der Waals surface area (Å²) < 4.78 is 0. The van der Waals surface area contributed by atoms with E-state index < -0.39 is 6.10 Å². The van der Waals surface area contributed by atoms with Gasteiger partial charge in [0.25, 0.3) is 0 Å². The Morgan fingerprint density at radius 3 is 2.78 bits per heavy atom. The van der Waals surface area contributed by atoms with Crippen LogP contribution in [0.4, 0.5) is 0 Å². The first-order valence-corrected chi connectivity index (χ1v) is 6.59. The Morgan fingerprint density at radius 2 is 2.17 bits per heavy atom. The van der Waals surface area contributed by atoms with Crippen molar-refractivity contribution in [1.29, 1.82) is 5.26 Å². The maximum Gasteiger partial charge on any atom is 0.0991 e. The molecule has 0 bridgehead atoms. The zero-order valence-corrected chi connectivity index (χ0v) is 10.8. The average Bonchev–Trinajstić information content (AvgIpc) is 2.39. The monoisotopic (exact) mass is 244 g/mol. The first-order valence-electron chi connectivity index (χ1n) is 6.59. The molecule has 0 saturated carbocycles. The van der Waals surface area contributed by atoms with Gasteiger partial charge in [-0.3, -0.25) is 0 Å². The Labute approximate surface area is 109 Å². The molecule has 0 spiro atoms. The second kappa shape index (κ2) is 5.99. The predicted molar refractivity (Wildman–Crippen MR) is 71.0 cm³/mol. The van der Waals surface area contributed by atoms with Crippen LogP contribution in [0.3, 0.4) is 0 Å². The summed E-state index contributed by atoms with van der Waals surface area (Å²) in [4.78, 5) is 2.33. The van der Waals surface area contributed by atoms with Gasteiger partial charge in [-0.15, -0.1) is 0 Å². The molecular weight excluding hydrogens is 224 g/mol. The molecule has 0 aliphatic carbocycles. The van der Waals surface area contributed by atoms with Gasteiger partial charge in [0.2, 0.25) is 0 Å². The van der Waals surface area contributed by atoms with Crippen molar-refractivity contribution in [2.75, 3.05) is 19.6 Å². The van der Waals surface area contributed by atoms with Crippen LogP contribution in [-0.4, -0.2) is 29.6 Å². The minimum atomic E-state index is -0.456. The first-order chi connectivity index (χ1) is 8.69. The number of hydrogen-bond donors (Lipinski definition) is 1. The normalized spacial score (nSPS) is 22.4. The summed E-state index contributed by atoms with van der Waals surface area (Å²) >= 11 is 0. The molecule has 3 heteroatoms. The van der Waals surface area contributed by atoms with Crippen LogP contribution in [0.1, 0.15) is 37.0 Å². The van der Waals surface area contributed by atoms with Crippen LogP contribution in [0.15, 0.2) is 24.3 Å². The minimum absolute atomic E-state index is 0.456. The van der Waals surface area contributed by atoms with Gasteiger partial charge in [-0.2, -0.15) is 5.26 Å². The number of likely N-dealkylation sites (tertiary alicyclic amines) is 1. The standard InChI is InChI=1S/C15H20N2O/c1-12-3-2-8-17(10-12)11-15(18)14-6-4-13(9-16)5-7-14/h4-7,12,15,18H,2-3,8,10-11H2,1H3. The number of aliphatic hydroxyl groups is 1. The third kappa shape index (κ3) is 3.32. The van der Waals surface area contributed by atoms with E-state index in [4.69, 9.17) is 5.26 Å². The van der Waals surface area contributed by atoms with Gasteiger partial charge in [0.15, 0.2) is 0 Å². The lowest BCUT2D eigenvalue weighted by molar-refractivity contribution is 0.0876. The second-order valence-corrected chi connectivity index (χ2v) is 5.26. The molecule has 0 radical (unpaired) electrons. The van der Waals surface area contributed by atoms with Gasteiger partial charge in [-0.05, 0) is 43.0 Å². The third-order valence-corrected chi connectivity index (χ3v) is 3.60. The molecule has 1 aliphatic heterocycles. The zero-order chi connectivity index (χ0) is 13.0. The largest absolute Gasteiger partial charge is 0.387 e. The van der Waals surface area contributed by atoms with Crippen molar-refractivity contribution >= 4 is 0 Å². The molecule has 2 atom stereocenters. The minimum Gasteiger partial charge on any atom is -0.387 e. The highest BCUT2D eigenvalue weighted by molar-refractivity contribution is 5.32. The molecule has 2 unspecified atom stereocenters. The van der Waals surface area contributed by atoms with Crippen LogP contribution in [-0.2, 0) is 0 Å². The number of aliphatic hydroxyl groups excluding tert-OH is 1. The molecule has 96 valence electrons. The highest BCUT2D eigenvalue weighted by atomic mass is 16.3. The SMILES string of the molecule is CC1CCCN(CC(O)c2ccc(C#N)cc2)C1. The number of β-amino-alcohol motifs (C(OH)–C–C–N with tert-alkyl or cyclic N) is 1. The molecule has 1 aromatic carbocycles. The smallest absolute Gasteiger partial charge is 0.0991 e. The van der Waals surface area contributed by atoms with Crippen LogP contribution >= 0.6 is 0 Å². The molecule has 18 heavy (non-hydrogen) atoms. The molecule has 1 N–H and O–H groups in total. The number of nitrogens with zero attached hydrogens (tertiary/aromatic N) is 2. The number of rotatable bonds is 3. The summed E-state index contributed by atoms with van der Waals surface area (Å²) in [6, 6.07) is 9.30. The fourth-order valence-electron chi connectivity index (χ4n) is 2.58. The summed E-state index contributed by atoms with van der Waals surface area (Å²) in [6.45, 7) is 5.11. The van der Waals surface area contributed by atoms with Crippen molar-refractivity contribution in [2.45, 2.75) is 25.9 Å². The van der Waals surface area contributed by atoms with Crippen LogP contribution in [0.5, 0.6) is 0 Å². The van der Waals surface area contributed by atoms with E-state index in [1.54, 1.807) is 12.1 Å². The molecule has 0 amide bonds. The quantitative estimate of drug-likeness (QED) is 0.887. The van der Waals surface area contributed by atoms with E-state index >= 15 is 0 Å². The Kier molecular flexibility index (Phi) is 4.35. The zero-order valence-electron chi connectivity index (χ0n) is 10.8. The van der Waals surface area contributed by atoms with Crippen LogP contribution in [0.2, 0.25) is 0 Å². The van der Waals surface area contributed by atoms with Crippen LogP contribution in [0.25, 0.3) is 0 Å². The van der Waals surface area contributed by atoms with Crippen molar-refractivity contribution in [3.8, 4) is 6.07 Å². The maximum atomic E-state index is 10.2. The molecule has 1 aromatic rings. The molecule has 1 heterocycles. The van der Waals surface area contributed by atoms with E-state index in [0.29, 0.717) is 12.1 Å². The predicted octanol–water partition coefficient (Wildman–Crippen LogP) is 2.32. The summed E-state index contributed by atoms with van der Waals surface area (Å²) in [5, 5.41) is 18.9.